The molecule has 3 nitrogen and oxygen atoms in total. The van der Waals surface area contributed by atoms with Gasteiger partial charge in [-0.2, -0.15) is 0 Å². The molecular weight excluding hydrogens is 272 g/mol. The summed E-state index contributed by atoms with van der Waals surface area (Å²) >= 11 is 0. The van der Waals surface area contributed by atoms with Crippen molar-refractivity contribution in [2.24, 2.45) is 0 Å². The smallest absolute Gasteiger partial charge is 0.234 e. The molecule has 1 unspecified atom stereocenters. The van der Waals surface area contributed by atoms with Crippen LogP contribution in [0, 0.1) is 0 Å². The molecule has 1 amide bonds. The fraction of sp³-hybridized carbons (Fsp3) is 0.316. The van der Waals surface area contributed by atoms with E-state index in [1.165, 1.54) is 0 Å². The molecule has 1 aliphatic rings. The van der Waals surface area contributed by atoms with E-state index in [2.05, 4.69) is 12.2 Å². The summed E-state index contributed by atoms with van der Waals surface area (Å²) in [6, 6.07) is 20.5. The normalized spacial score (nSPS) is 18.5. The van der Waals surface area contributed by atoms with Crippen molar-refractivity contribution < 1.29 is 4.79 Å². The Morgan fingerprint density at radius 2 is 1.59 bits per heavy atom. The number of piperazine rings is 1. The fourth-order valence-electron chi connectivity index (χ4n) is 3.08. The lowest BCUT2D eigenvalue weighted by Crippen LogP contribution is -2.52. The molecule has 1 aliphatic heterocycles. The van der Waals surface area contributed by atoms with Gasteiger partial charge in [0, 0.05) is 25.7 Å². The van der Waals surface area contributed by atoms with Crippen molar-refractivity contribution >= 4 is 5.91 Å². The van der Waals surface area contributed by atoms with Crippen LogP contribution in [0.3, 0.4) is 0 Å². The Balaban J connectivity index is 1.93. The fourth-order valence-corrected chi connectivity index (χ4v) is 3.08. The largest absolute Gasteiger partial charge is 0.339 e. The zero-order chi connectivity index (χ0) is 15.4. The first kappa shape index (κ1) is 14.8. The van der Waals surface area contributed by atoms with Crippen LogP contribution in [0.25, 0.3) is 0 Å². The summed E-state index contributed by atoms with van der Waals surface area (Å²) < 4.78 is 0. The number of hydrogen-bond donors (Lipinski definition) is 1. The van der Waals surface area contributed by atoms with Crippen molar-refractivity contribution in [2.75, 3.05) is 19.6 Å². The third kappa shape index (κ3) is 3.20. The maximum absolute atomic E-state index is 13.1. The van der Waals surface area contributed by atoms with Crippen LogP contribution in [0.5, 0.6) is 0 Å². The minimum atomic E-state index is -0.215. The first-order valence-corrected chi connectivity index (χ1v) is 7.88. The minimum Gasteiger partial charge on any atom is -0.339 e. The van der Waals surface area contributed by atoms with Gasteiger partial charge in [0.05, 0.1) is 5.92 Å². The summed E-state index contributed by atoms with van der Waals surface area (Å²) in [7, 11) is 0. The van der Waals surface area contributed by atoms with Crippen LogP contribution in [0.1, 0.15) is 24.0 Å². The van der Waals surface area contributed by atoms with Crippen molar-refractivity contribution in [2.45, 2.75) is 18.9 Å². The summed E-state index contributed by atoms with van der Waals surface area (Å²) in [5, 5.41) is 3.39. The number of hydrogen-bond acceptors (Lipinski definition) is 2. The third-order valence-electron chi connectivity index (χ3n) is 4.19. The highest BCUT2D eigenvalue weighted by Gasteiger charge is 2.29. The Hall–Kier alpha value is -2.13. The molecule has 0 saturated carbocycles. The molecule has 0 aliphatic carbocycles. The van der Waals surface area contributed by atoms with Crippen molar-refractivity contribution in [3.8, 4) is 0 Å². The van der Waals surface area contributed by atoms with Gasteiger partial charge >= 0.3 is 0 Å². The SMILES string of the molecule is CC1CN(C(=O)C(c2ccccc2)c2ccccc2)CCN1. The average Bonchev–Trinajstić information content (AvgIpc) is 2.57. The molecule has 0 bridgehead atoms. The van der Waals surface area contributed by atoms with Gasteiger partial charge in [-0.3, -0.25) is 4.79 Å². The maximum Gasteiger partial charge on any atom is 0.234 e. The van der Waals surface area contributed by atoms with Gasteiger partial charge in [-0.05, 0) is 18.1 Å². The van der Waals surface area contributed by atoms with Gasteiger partial charge < -0.3 is 10.2 Å². The zero-order valence-corrected chi connectivity index (χ0v) is 12.9. The van der Waals surface area contributed by atoms with Crippen molar-refractivity contribution in [3.63, 3.8) is 0 Å². The maximum atomic E-state index is 13.1. The lowest BCUT2D eigenvalue weighted by molar-refractivity contribution is -0.133. The van der Waals surface area contributed by atoms with Crippen LogP contribution in [0.4, 0.5) is 0 Å². The molecule has 1 saturated heterocycles. The lowest BCUT2D eigenvalue weighted by atomic mass is 9.89. The molecule has 1 fully saturated rings. The summed E-state index contributed by atoms with van der Waals surface area (Å²) in [5.74, 6) is -0.0153. The van der Waals surface area contributed by atoms with Gasteiger partial charge in [-0.25, -0.2) is 0 Å². The number of rotatable bonds is 3. The second-order valence-electron chi connectivity index (χ2n) is 5.89. The number of carbonyl (C=O) groups excluding carboxylic acids is 1. The van der Waals surface area contributed by atoms with Crippen molar-refractivity contribution in [1.82, 2.24) is 10.2 Å². The second-order valence-corrected chi connectivity index (χ2v) is 5.89. The van der Waals surface area contributed by atoms with E-state index >= 15 is 0 Å². The van der Waals surface area contributed by atoms with Crippen molar-refractivity contribution in [3.05, 3.63) is 71.8 Å². The number of nitrogens with one attached hydrogen (secondary N) is 1. The van der Waals surface area contributed by atoms with Gasteiger partial charge in [0.15, 0.2) is 0 Å². The van der Waals surface area contributed by atoms with Gasteiger partial charge in [0.25, 0.3) is 0 Å². The molecule has 0 aromatic heterocycles. The molecular formula is C19H22N2O. The lowest BCUT2D eigenvalue weighted by Gasteiger charge is -2.34. The number of benzene rings is 2. The number of carbonyl (C=O) groups is 1. The van der Waals surface area contributed by atoms with E-state index in [1.54, 1.807) is 0 Å². The van der Waals surface area contributed by atoms with Crippen LogP contribution in [0.15, 0.2) is 60.7 Å². The van der Waals surface area contributed by atoms with Gasteiger partial charge in [-0.15, -0.1) is 0 Å². The topological polar surface area (TPSA) is 32.3 Å². The van der Waals surface area contributed by atoms with Crippen LogP contribution in [0.2, 0.25) is 0 Å². The first-order chi connectivity index (χ1) is 10.8. The minimum absolute atomic E-state index is 0.200. The Bertz CT molecular complexity index is 572. The van der Waals surface area contributed by atoms with E-state index < -0.39 is 0 Å². The van der Waals surface area contributed by atoms with Crippen molar-refractivity contribution in [1.29, 1.82) is 0 Å². The predicted octanol–water partition coefficient (Wildman–Crippen LogP) is 2.64. The second kappa shape index (κ2) is 6.75. The molecule has 114 valence electrons. The summed E-state index contributed by atoms with van der Waals surface area (Å²) in [5.41, 5.74) is 2.12. The molecule has 1 atom stereocenters. The standard InChI is InChI=1S/C19H22N2O/c1-15-14-21(13-12-20-15)19(22)18(16-8-4-2-5-9-16)17-10-6-3-7-11-17/h2-11,15,18,20H,12-14H2,1H3. The van der Waals surface area contributed by atoms with E-state index in [0.29, 0.717) is 6.04 Å². The Labute approximate surface area is 132 Å². The Morgan fingerprint density at radius 1 is 1.05 bits per heavy atom. The van der Waals surface area contributed by atoms with E-state index in [4.69, 9.17) is 0 Å². The molecule has 2 aromatic carbocycles. The van der Waals surface area contributed by atoms with E-state index in [-0.39, 0.29) is 11.8 Å². The molecule has 1 heterocycles. The first-order valence-electron chi connectivity index (χ1n) is 7.88. The Morgan fingerprint density at radius 3 is 2.09 bits per heavy atom. The van der Waals surface area contributed by atoms with Crippen LogP contribution in [-0.2, 0) is 4.79 Å². The van der Waals surface area contributed by atoms with Gasteiger partial charge in [0.1, 0.15) is 0 Å². The molecule has 0 radical (unpaired) electrons. The summed E-state index contributed by atoms with van der Waals surface area (Å²) in [4.78, 5) is 15.1. The quantitative estimate of drug-likeness (QED) is 0.944. The molecule has 0 spiro atoms. The van der Waals surface area contributed by atoms with Crippen LogP contribution in [-0.4, -0.2) is 36.5 Å². The van der Waals surface area contributed by atoms with E-state index in [0.717, 1.165) is 30.8 Å². The number of nitrogens with zero attached hydrogens (tertiary/aromatic N) is 1. The van der Waals surface area contributed by atoms with E-state index in [9.17, 15) is 4.79 Å². The highest BCUT2D eigenvalue weighted by Crippen LogP contribution is 2.27. The van der Waals surface area contributed by atoms with Gasteiger partial charge in [-0.1, -0.05) is 60.7 Å². The van der Waals surface area contributed by atoms with Crippen LogP contribution >= 0.6 is 0 Å². The molecule has 3 rings (SSSR count). The number of amides is 1. The monoisotopic (exact) mass is 294 g/mol. The molecule has 2 aromatic rings. The predicted molar refractivity (Wildman–Crippen MR) is 88.8 cm³/mol. The third-order valence-corrected chi connectivity index (χ3v) is 4.19. The average molecular weight is 294 g/mol. The summed E-state index contributed by atoms with van der Waals surface area (Å²) in [6.45, 7) is 4.54. The summed E-state index contributed by atoms with van der Waals surface area (Å²) in [6.07, 6.45) is 0. The zero-order valence-electron chi connectivity index (χ0n) is 12.9. The molecule has 22 heavy (non-hydrogen) atoms. The van der Waals surface area contributed by atoms with E-state index in [1.807, 2.05) is 65.6 Å². The molecule has 1 N–H and O–H groups in total. The van der Waals surface area contributed by atoms with Gasteiger partial charge in [0.2, 0.25) is 5.91 Å². The Kier molecular flexibility index (Phi) is 4.54. The molecule has 3 heteroatoms. The highest BCUT2D eigenvalue weighted by molar-refractivity contribution is 5.87. The highest BCUT2D eigenvalue weighted by atomic mass is 16.2. The van der Waals surface area contributed by atoms with Crippen LogP contribution < -0.4 is 5.32 Å².